The molecule has 0 spiro atoms. The molecule has 1 fully saturated rings. The quantitative estimate of drug-likeness (QED) is 0.772. The molecule has 2 atom stereocenters. The molecule has 1 saturated heterocycles. The maximum Gasteiger partial charge on any atom is 0.155 e. The molecule has 21 heavy (non-hydrogen) atoms. The van der Waals surface area contributed by atoms with Crippen LogP contribution in [0.15, 0.2) is 24.3 Å². The molecule has 0 aliphatic carbocycles. The monoisotopic (exact) mass is 313 g/mol. The van der Waals surface area contributed by atoms with Crippen LogP contribution < -0.4 is 10.5 Å². The van der Waals surface area contributed by atoms with Gasteiger partial charge in [-0.2, -0.15) is 0 Å². The first-order valence-corrected chi connectivity index (χ1v) is 8.99. The van der Waals surface area contributed by atoms with Gasteiger partial charge in [-0.1, -0.05) is 12.1 Å². The third-order valence-electron chi connectivity index (χ3n) is 3.77. The van der Waals surface area contributed by atoms with Crippen LogP contribution in [0.5, 0.6) is 5.75 Å². The molecule has 0 aromatic heterocycles. The van der Waals surface area contributed by atoms with Gasteiger partial charge >= 0.3 is 0 Å². The van der Waals surface area contributed by atoms with Gasteiger partial charge in [-0.3, -0.25) is 0 Å². The third-order valence-corrected chi connectivity index (χ3v) is 6.17. The summed E-state index contributed by atoms with van der Waals surface area (Å²) in [6.45, 7) is 3.25. The Hall–Kier alpha value is -1.11. The second kappa shape index (κ2) is 7.24. The average molecular weight is 313 g/mol. The maximum atomic E-state index is 12.2. The SMILES string of the molecule is CC1OCCC1S(=O)(=O)CCCOc1ccc(CN)cc1. The van der Waals surface area contributed by atoms with E-state index in [9.17, 15) is 8.42 Å². The lowest BCUT2D eigenvalue weighted by atomic mass is 10.2. The van der Waals surface area contributed by atoms with Crippen molar-refractivity contribution in [3.05, 3.63) is 29.8 Å². The fourth-order valence-corrected chi connectivity index (χ4v) is 4.45. The first-order chi connectivity index (χ1) is 10.0. The molecule has 5 nitrogen and oxygen atoms in total. The highest BCUT2D eigenvalue weighted by atomic mass is 32.2. The van der Waals surface area contributed by atoms with E-state index in [1.807, 2.05) is 31.2 Å². The van der Waals surface area contributed by atoms with Crippen LogP contribution in [0.2, 0.25) is 0 Å². The minimum Gasteiger partial charge on any atom is -0.494 e. The van der Waals surface area contributed by atoms with Crippen molar-refractivity contribution in [2.45, 2.75) is 37.7 Å². The fraction of sp³-hybridized carbons (Fsp3) is 0.600. The summed E-state index contributed by atoms with van der Waals surface area (Å²) >= 11 is 0. The van der Waals surface area contributed by atoms with Crippen LogP contribution in [0.1, 0.15) is 25.3 Å². The third kappa shape index (κ3) is 4.43. The van der Waals surface area contributed by atoms with Gasteiger partial charge in [0.2, 0.25) is 0 Å². The molecule has 1 aliphatic rings. The van der Waals surface area contributed by atoms with Crippen LogP contribution in [-0.4, -0.2) is 38.7 Å². The van der Waals surface area contributed by atoms with Gasteiger partial charge < -0.3 is 15.2 Å². The Bertz CT molecular complexity index is 541. The van der Waals surface area contributed by atoms with E-state index in [0.29, 0.717) is 32.6 Å². The summed E-state index contributed by atoms with van der Waals surface area (Å²) < 4.78 is 35.3. The summed E-state index contributed by atoms with van der Waals surface area (Å²) in [6, 6.07) is 7.51. The van der Waals surface area contributed by atoms with Crippen molar-refractivity contribution in [3.8, 4) is 5.75 Å². The molecule has 1 aromatic rings. The number of nitrogens with two attached hydrogens (primary N) is 1. The van der Waals surface area contributed by atoms with Gasteiger partial charge in [-0.05, 0) is 37.5 Å². The molecule has 1 aromatic carbocycles. The lowest BCUT2D eigenvalue weighted by molar-refractivity contribution is 0.126. The number of ether oxygens (including phenoxy) is 2. The summed E-state index contributed by atoms with van der Waals surface area (Å²) in [5.74, 6) is 0.883. The molecule has 118 valence electrons. The first kappa shape index (κ1) is 16.3. The molecule has 1 aliphatic heterocycles. The number of hydrogen-bond acceptors (Lipinski definition) is 5. The highest BCUT2D eigenvalue weighted by Crippen LogP contribution is 2.22. The van der Waals surface area contributed by atoms with E-state index < -0.39 is 9.84 Å². The summed E-state index contributed by atoms with van der Waals surface area (Å²) in [6.07, 6.45) is 0.898. The molecule has 2 unspecified atom stereocenters. The summed E-state index contributed by atoms with van der Waals surface area (Å²) in [4.78, 5) is 0. The van der Waals surface area contributed by atoms with E-state index in [-0.39, 0.29) is 17.1 Å². The predicted molar refractivity (Wildman–Crippen MR) is 82.1 cm³/mol. The zero-order chi connectivity index (χ0) is 15.3. The Balaban J connectivity index is 1.76. The number of hydrogen-bond donors (Lipinski definition) is 1. The van der Waals surface area contributed by atoms with Gasteiger partial charge in [-0.15, -0.1) is 0 Å². The molecule has 2 rings (SSSR count). The molecule has 2 N–H and O–H groups in total. The Morgan fingerprint density at radius 2 is 2.05 bits per heavy atom. The fourth-order valence-electron chi connectivity index (χ4n) is 2.51. The lowest BCUT2D eigenvalue weighted by Crippen LogP contribution is -2.30. The first-order valence-electron chi connectivity index (χ1n) is 7.28. The summed E-state index contributed by atoms with van der Waals surface area (Å²) in [5, 5.41) is -0.360. The van der Waals surface area contributed by atoms with Gasteiger partial charge in [0.15, 0.2) is 9.84 Å². The van der Waals surface area contributed by atoms with Crippen LogP contribution in [0, 0.1) is 0 Å². The van der Waals surface area contributed by atoms with Crippen molar-refractivity contribution in [2.24, 2.45) is 5.73 Å². The van der Waals surface area contributed by atoms with Crippen molar-refractivity contribution >= 4 is 9.84 Å². The maximum absolute atomic E-state index is 12.2. The van der Waals surface area contributed by atoms with E-state index >= 15 is 0 Å². The van der Waals surface area contributed by atoms with E-state index in [2.05, 4.69) is 0 Å². The van der Waals surface area contributed by atoms with Crippen molar-refractivity contribution in [1.29, 1.82) is 0 Å². The average Bonchev–Trinajstić information content (AvgIpc) is 2.91. The minimum absolute atomic E-state index is 0.145. The molecule has 0 bridgehead atoms. The van der Waals surface area contributed by atoms with Crippen LogP contribution in [0.25, 0.3) is 0 Å². The Morgan fingerprint density at radius 3 is 2.62 bits per heavy atom. The van der Waals surface area contributed by atoms with Crippen LogP contribution in [0.4, 0.5) is 0 Å². The number of benzene rings is 1. The Kier molecular flexibility index (Phi) is 5.61. The molecule has 0 saturated carbocycles. The zero-order valence-electron chi connectivity index (χ0n) is 12.3. The van der Waals surface area contributed by atoms with Crippen molar-refractivity contribution in [3.63, 3.8) is 0 Å². The normalized spacial score (nSPS) is 22.4. The minimum atomic E-state index is -3.10. The topological polar surface area (TPSA) is 78.6 Å². The molecule has 0 radical (unpaired) electrons. The van der Waals surface area contributed by atoms with E-state index in [1.165, 1.54) is 0 Å². The number of rotatable bonds is 7. The van der Waals surface area contributed by atoms with Gasteiger partial charge in [0.25, 0.3) is 0 Å². The molecule has 6 heteroatoms. The highest BCUT2D eigenvalue weighted by molar-refractivity contribution is 7.92. The van der Waals surface area contributed by atoms with E-state index in [0.717, 1.165) is 11.3 Å². The smallest absolute Gasteiger partial charge is 0.155 e. The van der Waals surface area contributed by atoms with Gasteiger partial charge in [-0.25, -0.2) is 8.42 Å². The zero-order valence-corrected chi connectivity index (χ0v) is 13.1. The second-order valence-electron chi connectivity index (χ2n) is 5.32. The lowest BCUT2D eigenvalue weighted by Gasteiger charge is -2.15. The largest absolute Gasteiger partial charge is 0.494 e. The molecule has 0 amide bonds. The second-order valence-corrected chi connectivity index (χ2v) is 7.66. The Morgan fingerprint density at radius 1 is 1.33 bits per heavy atom. The van der Waals surface area contributed by atoms with Crippen LogP contribution >= 0.6 is 0 Å². The number of sulfone groups is 1. The van der Waals surface area contributed by atoms with Gasteiger partial charge in [0.05, 0.1) is 23.7 Å². The standard InChI is InChI=1S/C15H23NO4S/c1-12-15(7-9-19-12)21(17,18)10-2-8-20-14-5-3-13(11-16)4-6-14/h3-6,12,15H,2,7-11,16H2,1H3. The predicted octanol–water partition coefficient (Wildman–Crippen LogP) is 1.51. The Labute approximate surface area is 126 Å². The molecule has 1 heterocycles. The highest BCUT2D eigenvalue weighted by Gasteiger charge is 2.35. The van der Waals surface area contributed by atoms with Crippen molar-refractivity contribution in [1.82, 2.24) is 0 Å². The van der Waals surface area contributed by atoms with Crippen LogP contribution in [-0.2, 0) is 21.1 Å². The van der Waals surface area contributed by atoms with Crippen LogP contribution in [0.3, 0.4) is 0 Å². The van der Waals surface area contributed by atoms with Crippen molar-refractivity contribution in [2.75, 3.05) is 19.0 Å². The van der Waals surface area contributed by atoms with E-state index in [1.54, 1.807) is 0 Å². The summed E-state index contributed by atoms with van der Waals surface area (Å²) in [5.41, 5.74) is 6.56. The van der Waals surface area contributed by atoms with E-state index in [4.69, 9.17) is 15.2 Å². The van der Waals surface area contributed by atoms with Gasteiger partial charge in [0.1, 0.15) is 5.75 Å². The van der Waals surface area contributed by atoms with Crippen molar-refractivity contribution < 1.29 is 17.9 Å². The summed E-state index contributed by atoms with van der Waals surface area (Å²) in [7, 11) is -3.10. The molecular formula is C15H23NO4S. The van der Waals surface area contributed by atoms with Gasteiger partial charge in [0, 0.05) is 13.2 Å². The molecular weight excluding hydrogens is 290 g/mol.